The number of amides is 1. The summed E-state index contributed by atoms with van der Waals surface area (Å²) in [6.07, 6.45) is 2.98. The lowest BCUT2D eigenvalue weighted by Gasteiger charge is -2.13. The normalized spacial score (nSPS) is 18.3. The monoisotopic (exact) mass is 227 g/mol. The first-order valence-corrected chi connectivity index (χ1v) is 5.60. The van der Waals surface area contributed by atoms with Crippen molar-refractivity contribution in [3.05, 3.63) is 23.8 Å². The molecule has 0 bridgehead atoms. The van der Waals surface area contributed by atoms with Gasteiger partial charge in [-0.3, -0.25) is 4.79 Å². The van der Waals surface area contributed by atoms with Crippen molar-refractivity contribution in [2.45, 2.75) is 6.92 Å². The predicted octanol–water partition coefficient (Wildman–Crippen LogP) is 1.15. The van der Waals surface area contributed by atoms with Gasteiger partial charge in [-0.05, 0) is 6.92 Å². The van der Waals surface area contributed by atoms with Crippen LogP contribution in [0.1, 0.15) is 6.92 Å². The van der Waals surface area contributed by atoms with Gasteiger partial charge >= 0.3 is 5.97 Å². The highest BCUT2D eigenvalue weighted by molar-refractivity contribution is 8.04. The van der Waals surface area contributed by atoms with Crippen molar-refractivity contribution in [1.82, 2.24) is 4.90 Å². The molecule has 5 heteroatoms. The highest BCUT2D eigenvalue weighted by Gasteiger charge is 2.26. The maximum atomic E-state index is 11.4. The third-order valence-electron chi connectivity index (χ3n) is 1.75. The number of nitrogens with zero attached hydrogens (tertiary/aromatic N) is 1. The van der Waals surface area contributed by atoms with Crippen LogP contribution in [-0.4, -0.2) is 35.7 Å². The molecule has 0 atom stereocenters. The number of thioether (sulfide) groups is 1. The van der Waals surface area contributed by atoms with Gasteiger partial charge in [-0.25, -0.2) is 4.79 Å². The first kappa shape index (κ1) is 11.8. The van der Waals surface area contributed by atoms with Gasteiger partial charge in [-0.1, -0.05) is 17.8 Å². The zero-order chi connectivity index (χ0) is 11.3. The summed E-state index contributed by atoms with van der Waals surface area (Å²) in [5.74, 6) is -0.0433. The Morgan fingerprint density at radius 3 is 3.07 bits per heavy atom. The van der Waals surface area contributed by atoms with E-state index >= 15 is 0 Å². The summed E-state index contributed by atoms with van der Waals surface area (Å²) in [6.45, 7) is 6.07. The summed E-state index contributed by atoms with van der Waals surface area (Å²) in [6, 6.07) is 0. The van der Waals surface area contributed by atoms with Crippen LogP contribution in [0, 0.1) is 0 Å². The molecule has 0 spiro atoms. The lowest BCUT2D eigenvalue weighted by Crippen LogP contribution is -2.24. The molecule has 1 rings (SSSR count). The van der Waals surface area contributed by atoms with Gasteiger partial charge in [0.15, 0.2) is 0 Å². The van der Waals surface area contributed by atoms with Crippen LogP contribution < -0.4 is 0 Å². The van der Waals surface area contributed by atoms with Crippen LogP contribution in [0.5, 0.6) is 0 Å². The number of rotatable bonds is 4. The summed E-state index contributed by atoms with van der Waals surface area (Å²) < 4.78 is 4.77. The standard InChI is InChI=1S/C10H13NO3S/c1-3-5-11-8(12)7-15-9(11)6-10(13)14-4-2/h3,6H,1,4-5,7H2,2H3/b9-6+. The minimum Gasteiger partial charge on any atom is -0.463 e. The second-order valence-electron chi connectivity index (χ2n) is 2.82. The molecule has 1 aliphatic rings. The lowest BCUT2D eigenvalue weighted by molar-refractivity contribution is -0.137. The van der Waals surface area contributed by atoms with E-state index < -0.39 is 5.97 Å². The zero-order valence-corrected chi connectivity index (χ0v) is 9.38. The van der Waals surface area contributed by atoms with Gasteiger partial charge in [-0.2, -0.15) is 0 Å². The average molecular weight is 227 g/mol. The lowest BCUT2D eigenvalue weighted by atomic mass is 10.4. The Hall–Kier alpha value is -1.23. The fourth-order valence-corrected chi connectivity index (χ4v) is 2.08. The molecule has 1 fully saturated rings. The van der Waals surface area contributed by atoms with E-state index in [1.54, 1.807) is 13.0 Å². The fourth-order valence-electron chi connectivity index (χ4n) is 1.14. The minimum absolute atomic E-state index is 0.00421. The Bertz CT molecular complexity index is 312. The molecule has 1 heterocycles. The Kier molecular flexibility index (Phi) is 4.42. The Morgan fingerprint density at radius 2 is 2.47 bits per heavy atom. The molecule has 0 aromatic rings. The van der Waals surface area contributed by atoms with E-state index in [0.29, 0.717) is 23.9 Å². The topological polar surface area (TPSA) is 46.6 Å². The van der Waals surface area contributed by atoms with Crippen molar-refractivity contribution in [2.75, 3.05) is 18.9 Å². The number of ether oxygens (including phenoxy) is 1. The molecule has 0 aromatic carbocycles. The van der Waals surface area contributed by atoms with Crippen molar-refractivity contribution < 1.29 is 14.3 Å². The van der Waals surface area contributed by atoms with Crippen molar-refractivity contribution in [1.29, 1.82) is 0 Å². The van der Waals surface area contributed by atoms with E-state index in [-0.39, 0.29) is 5.91 Å². The summed E-state index contributed by atoms with van der Waals surface area (Å²) in [4.78, 5) is 24.1. The van der Waals surface area contributed by atoms with Gasteiger partial charge in [0.25, 0.3) is 0 Å². The molecule has 1 aliphatic heterocycles. The van der Waals surface area contributed by atoms with E-state index in [1.165, 1.54) is 22.7 Å². The number of hydrogen-bond donors (Lipinski definition) is 0. The molecule has 0 N–H and O–H groups in total. The second-order valence-corrected chi connectivity index (χ2v) is 3.81. The number of carbonyl (C=O) groups is 2. The summed E-state index contributed by atoms with van der Waals surface area (Å²) in [7, 11) is 0. The third-order valence-corrected chi connectivity index (χ3v) is 2.78. The molecule has 82 valence electrons. The highest BCUT2D eigenvalue weighted by atomic mass is 32.2. The molecule has 1 saturated heterocycles. The zero-order valence-electron chi connectivity index (χ0n) is 8.56. The van der Waals surface area contributed by atoms with E-state index in [4.69, 9.17) is 4.74 Å². The van der Waals surface area contributed by atoms with Crippen molar-refractivity contribution >= 4 is 23.6 Å². The van der Waals surface area contributed by atoms with E-state index in [0.717, 1.165) is 0 Å². The predicted molar refractivity (Wildman–Crippen MR) is 59.1 cm³/mol. The number of hydrogen-bond acceptors (Lipinski definition) is 4. The number of esters is 1. The minimum atomic E-state index is -0.413. The molecule has 15 heavy (non-hydrogen) atoms. The molecule has 0 unspecified atom stereocenters. The molecular formula is C10H13NO3S. The third kappa shape index (κ3) is 3.13. The van der Waals surface area contributed by atoms with Gasteiger partial charge in [0.05, 0.1) is 23.5 Å². The Labute approximate surface area is 93.0 Å². The summed E-state index contributed by atoms with van der Waals surface area (Å²) in [5, 5.41) is 0.637. The van der Waals surface area contributed by atoms with Crippen LogP contribution in [0.3, 0.4) is 0 Å². The van der Waals surface area contributed by atoms with Gasteiger partial charge in [0.1, 0.15) is 0 Å². The van der Waals surface area contributed by atoms with Crippen LogP contribution in [0.25, 0.3) is 0 Å². The van der Waals surface area contributed by atoms with Crippen LogP contribution in [0.15, 0.2) is 23.8 Å². The summed E-state index contributed by atoms with van der Waals surface area (Å²) >= 11 is 1.34. The Morgan fingerprint density at radius 1 is 1.73 bits per heavy atom. The van der Waals surface area contributed by atoms with Crippen LogP contribution in [-0.2, 0) is 14.3 Å². The van der Waals surface area contributed by atoms with Crippen LogP contribution >= 0.6 is 11.8 Å². The van der Waals surface area contributed by atoms with Gasteiger partial charge in [0, 0.05) is 6.54 Å². The summed E-state index contributed by atoms with van der Waals surface area (Å²) in [5.41, 5.74) is 0. The SMILES string of the molecule is C=CCN1C(=O)CS/C1=C/C(=O)OCC. The molecule has 0 aliphatic carbocycles. The maximum absolute atomic E-state index is 11.4. The number of carbonyl (C=O) groups excluding carboxylic acids is 2. The van der Waals surface area contributed by atoms with Gasteiger partial charge in [-0.15, -0.1) is 6.58 Å². The molecule has 4 nitrogen and oxygen atoms in total. The van der Waals surface area contributed by atoms with E-state index in [9.17, 15) is 9.59 Å². The molecule has 1 amide bonds. The largest absolute Gasteiger partial charge is 0.463 e. The van der Waals surface area contributed by atoms with Gasteiger partial charge in [0.2, 0.25) is 5.91 Å². The van der Waals surface area contributed by atoms with E-state index in [1.807, 2.05) is 0 Å². The second kappa shape index (κ2) is 5.60. The van der Waals surface area contributed by atoms with Gasteiger partial charge < -0.3 is 9.64 Å². The van der Waals surface area contributed by atoms with Crippen LogP contribution in [0.2, 0.25) is 0 Å². The first-order chi connectivity index (χ1) is 7.19. The molecular weight excluding hydrogens is 214 g/mol. The molecule has 0 aromatic heterocycles. The highest BCUT2D eigenvalue weighted by Crippen LogP contribution is 2.28. The van der Waals surface area contributed by atoms with E-state index in [2.05, 4.69) is 6.58 Å². The van der Waals surface area contributed by atoms with Crippen LogP contribution in [0.4, 0.5) is 0 Å². The smallest absolute Gasteiger partial charge is 0.333 e. The van der Waals surface area contributed by atoms with Crippen molar-refractivity contribution in [3.8, 4) is 0 Å². The van der Waals surface area contributed by atoms with Crippen molar-refractivity contribution in [3.63, 3.8) is 0 Å². The maximum Gasteiger partial charge on any atom is 0.333 e. The Balaban J connectivity index is 2.71. The average Bonchev–Trinajstić information content (AvgIpc) is 2.51. The fraction of sp³-hybridized carbons (Fsp3) is 0.400. The quantitative estimate of drug-likeness (QED) is 0.410. The first-order valence-electron chi connectivity index (χ1n) is 4.61. The molecule has 0 radical (unpaired) electrons. The van der Waals surface area contributed by atoms with Crippen molar-refractivity contribution in [2.24, 2.45) is 0 Å². The molecule has 0 saturated carbocycles.